The lowest BCUT2D eigenvalue weighted by Gasteiger charge is -2.12. The Morgan fingerprint density at radius 2 is 2.35 bits per heavy atom. The number of hydrogen-bond acceptors (Lipinski definition) is 6. The van der Waals surface area contributed by atoms with Gasteiger partial charge >= 0.3 is 0 Å². The van der Waals surface area contributed by atoms with E-state index in [0.29, 0.717) is 18.3 Å². The summed E-state index contributed by atoms with van der Waals surface area (Å²) in [6, 6.07) is 2.11. The molecule has 0 unspecified atom stereocenters. The van der Waals surface area contributed by atoms with Gasteiger partial charge < -0.3 is 10.3 Å². The Morgan fingerprint density at radius 3 is 2.94 bits per heavy atom. The van der Waals surface area contributed by atoms with Crippen molar-refractivity contribution in [2.24, 2.45) is 5.73 Å². The summed E-state index contributed by atoms with van der Waals surface area (Å²) in [6.45, 7) is 1.80. The number of halogens is 1. The maximum absolute atomic E-state index is 5.41. The van der Waals surface area contributed by atoms with Crippen molar-refractivity contribution in [2.75, 3.05) is 7.05 Å². The van der Waals surface area contributed by atoms with Crippen molar-refractivity contribution < 1.29 is 4.52 Å². The highest BCUT2D eigenvalue weighted by molar-refractivity contribution is 9.10. The van der Waals surface area contributed by atoms with Crippen LogP contribution in [0.4, 0.5) is 0 Å². The highest BCUT2D eigenvalue weighted by Gasteiger charge is 2.09. The first-order chi connectivity index (χ1) is 8.17. The Hall–Kier alpha value is -0.760. The van der Waals surface area contributed by atoms with Gasteiger partial charge in [-0.25, -0.2) is 0 Å². The molecule has 7 heteroatoms. The quantitative estimate of drug-likeness (QED) is 0.913. The normalized spacial score (nSPS) is 11.3. The van der Waals surface area contributed by atoms with Gasteiger partial charge in [-0.1, -0.05) is 5.16 Å². The van der Waals surface area contributed by atoms with Crippen LogP contribution in [0.25, 0.3) is 0 Å². The van der Waals surface area contributed by atoms with E-state index in [0.717, 1.165) is 11.0 Å². The van der Waals surface area contributed by atoms with Crippen LogP contribution in [0.2, 0.25) is 0 Å². The average Bonchev–Trinajstić information content (AvgIpc) is 2.88. The van der Waals surface area contributed by atoms with Crippen molar-refractivity contribution in [1.82, 2.24) is 15.0 Å². The van der Waals surface area contributed by atoms with Crippen LogP contribution in [0.5, 0.6) is 0 Å². The molecule has 2 rings (SSSR count). The van der Waals surface area contributed by atoms with Crippen LogP contribution in [-0.2, 0) is 19.6 Å². The Morgan fingerprint density at radius 1 is 1.53 bits per heavy atom. The van der Waals surface area contributed by atoms with Crippen molar-refractivity contribution in [2.45, 2.75) is 19.6 Å². The third-order valence-corrected chi connectivity index (χ3v) is 3.83. The molecule has 2 heterocycles. The minimum Gasteiger partial charge on any atom is -0.338 e. The predicted octanol–water partition coefficient (Wildman–Crippen LogP) is 1.98. The van der Waals surface area contributed by atoms with Crippen molar-refractivity contribution in [3.05, 3.63) is 32.5 Å². The summed E-state index contributed by atoms with van der Waals surface area (Å²) in [7, 11) is 2.02. The monoisotopic (exact) mass is 316 g/mol. The van der Waals surface area contributed by atoms with Gasteiger partial charge in [-0.3, -0.25) is 4.90 Å². The van der Waals surface area contributed by atoms with E-state index in [1.54, 1.807) is 11.3 Å². The van der Waals surface area contributed by atoms with E-state index in [-0.39, 0.29) is 6.54 Å². The molecule has 0 aliphatic heterocycles. The second-order valence-corrected chi connectivity index (χ2v) is 5.62. The lowest BCUT2D eigenvalue weighted by Crippen LogP contribution is -2.17. The molecule has 17 heavy (non-hydrogen) atoms. The van der Waals surface area contributed by atoms with Gasteiger partial charge in [0.2, 0.25) is 5.89 Å². The van der Waals surface area contributed by atoms with Gasteiger partial charge in [0.1, 0.15) is 0 Å². The first-order valence-corrected chi connectivity index (χ1v) is 6.77. The van der Waals surface area contributed by atoms with Gasteiger partial charge in [0.05, 0.1) is 13.1 Å². The van der Waals surface area contributed by atoms with E-state index in [1.165, 1.54) is 4.88 Å². The minimum absolute atomic E-state index is 0.286. The molecule has 0 saturated carbocycles. The molecular weight excluding hydrogens is 304 g/mol. The SMILES string of the molecule is CN(Cc1noc(CN)n1)Cc1cc(Br)cs1. The molecule has 0 radical (unpaired) electrons. The van der Waals surface area contributed by atoms with Crippen LogP contribution in [-0.4, -0.2) is 22.1 Å². The summed E-state index contributed by atoms with van der Waals surface area (Å²) in [6.07, 6.45) is 0. The molecular formula is C10H13BrN4OS. The fourth-order valence-corrected chi connectivity index (χ4v) is 2.97. The van der Waals surface area contributed by atoms with Crippen LogP contribution in [0, 0.1) is 0 Å². The first-order valence-electron chi connectivity index (χ1n) is 5.10. The second-order valence-electron chi connectivity index (χ2n) is 3.71. The van der Waals surface area contributed by atoms with Gasteiger partial charge in [-0.05, 0) is 29.0 Å². The predicted molar refractivity (Wildman–Crippen MR) is 69.4 cm³/mol. The molecule has 5 nitrogen and oxygen atoms in total. The zero-order chi connectivity index (χ0) is 12.3. The molecule has 2 aromatic heterocycles. The van der Waals surface area contributed by atoms with Crippen molar-refractivity contribution in [1.29, 1.82) is 0 Å². The summed E-state index contributed by atoms with van der Waals surface area (Å²) in [5.74, 6) is 1.15. The third-order valence-electron chi connectivity index (χ3n) is 2.14. The standard InChI is InChI=1S/C10H13BrN4OS/c1-15(4-8-2-7(11)6-17-8)5-9-13-10(3-12)16-14-9/h2,6H,3-5,12H2,1H3. The molecule has 2 aromatic rings. The third kappa shape index (κ3) is 3.60. The van der Waals surface area contributed by atoms with Crippen molar-refractivity contribution in [3.8, 4) is 0 Å². The van der Waals surface area contributed by atoms with Gasteiger partial charge in [0.25, 0.3) is 0 Å². The van der Waals surface area contributed by atoms with E-state index in [4.69, 9.17) is 10.3 Å². The molecule has 0 spiro atoms. The summed E-state index contributed by atoms with van der Waals surface area (Å²) in [5.41, 5.74) is 5.41. The number of nitrogens with two attached hydrogens (primary N) is 1. The minimum atomic E-state index is 0.286. The Balaban J connectivity index is 1.90. The van der Waals surface area contributed by atoms with Crippen LogP contribution >= 0.6 is 27.3 Å². The Labute approximate surface area is 112 Å². The summed E-state index contributed by atoms with van der Waals surface area (Å²) in [5, 5.41) is 5.93. The Bertz CT molecular complexity index is 484. The fourth-order valence-electron chi connectivity index (χ4n) is 1.44. The van der Waals surface area contributed by atoms with Crippen molar-refractivity contribution >= 4 is 27.3 Å². The number of hydrogen-bond donors (Lipinski definition) is 1. The zero-order valence-electron chi connectivity index (χ0n) is 9.39. The molecule has 0 bridgehead atoms. The molecule has 0 atom stereocenters. The van der Waals surface area contributed by atoms with Crippen molar-refractivity contribution in [3.63, 3.8) is 0 Å². The van der Waals surface area contributed by atoms with Crippen LogP contribution in [0.15, 0.2) is 20.4 Å². The van der Waals surface area contributed by atoms with E-state index in [9.17, 15) is 0 Å². The van der Waals surface area contributed by atoms with Gasteiger partial charge in [0.15, 0.2) is 5.82 Å². The van der Waals surface area contributed by atoms with E-state index in [2.05, 4.69) is 42.4 Å². The molecule has 0 aromatic carbocycles. The molecule has 0 amide bonds. The average molecular weight is 317 g/mol. The van der Waals surface area contributed by atoms with E-state index < -0.39 is 0 Å². The van der Waals surface area contributed by atoms with Crippen LogP contribution < -0.4 is 5.73 Å². The number of nitrogens with zero attached hydrogens (tertiary/aromatic N) is 3. The van der Waals surface area contributed by atoms with Gasteiger partial charge in [-0.15, -0.1) is 11.3 Å². The first kappa shape index (κ1) is 12.7. The molecule has 0 aliphatic carbocycles. The fraction of sp³-hybridized carbons (Fsp3) is 0.400. The number of thiophene rings is 1. The maximum atomic E-state index is 5.41. The lowest BCUT2D eigenvalue weighted by molar-refractivity contribution is 0.302. The zero-order valence-corrected chi connectivity index (χ0v) is 11.8. The van der Waals surface area contributed by atoms with Crippen LogP contribution in [0.3, 0.4) is 0 Å². The summed E-state index contributed by atoms with van der Waals surface area (Å²) in [4.78, 5) is 7.59. The molecule has 92 valence electrons. The largest absolute Gasteiger partial charge is 0.338 e. The maximum Gasteiger partial charge on any atom is 0.240 e. The van der Waals surface area contributed by atoms with Gasteiger partial charge in [0, 0.05) is 21.3 Å². The highest BCUT2D eigenvalue weighted by Crippen LogP contribution is 2.21. The summed E-state index contributed by atoms with van der Waals surface area (Å²) >= 11 is 5.17. The number of aromatic nitrogens is 2. The highest BCUT2D eigenvalue weighted by atomic mass is 79.9. The van der Waals surface area contributed by atoms with E-state index >= 15 is 0 Å². The lowest BCUT2D eigenvalue weighted by atomic mass is 10.4. The van der Waals surface area contributed by atoms with Gasteiger partial charge in [-0.2, -0.15) is 4.98 Å². The molecule has 0 fully saturated rings. The second kappa shape index (κ2) is 5.72. The molecule has 0 saturated heterocycles. The molecule has 0 aliphatic rings. The topological polar surface area (TPSA) is 68.2 Å². The smallest absolute Gasteiger partial charge is 0.240 e. The Kier molecular flexibility index (Phi) is 4.27. The molecule has 2 N–H and O–H groups in total. The summed E-state index contributed by atoms with van der Waals surface area (Å²) < 4.78 is 6.07. The van der Waals surface area contributed by atoms with Crippen LogP contribution in [0.1, 0.15) is 16.6 Å². The number of rotatable bonds is 5. The van der Waals surface area contributed by atoms with E-state index in [1.807, 2.05) is 7.05 Å².